The molecule has 1 saturated heterocycles. The molecule has 1 aromatic carbocycles. The molecule has 1 aliphatic rings. The number of nitrogens with zero attached hydrogens (tertiary/aromatic N) is 1. The molecule has 3 heteroatoms. The fraction of sp³-hybridized carbons (Fsp3) is 0.611. The molecule has 0 amide bonds. The third-order valence-corrected chi connectivity index (χ3v) is 4.27. The number of ether oxygens (including phenoxy) is 1. The highest BCUT2D eigenvalue weighted by atomic mass is 16.5. The standard InChI is InChI=1S/C18H27NO2/c1-3-15-8-10-16(11-9-15)17(14-18(20)21-4-2)19-12-6-5-7-13-19/h8-11,17H,3-7,12-14H2,1-2H3. The lowest BCUT2D eigenvalue weighted by Gasteiger charge is -2.34. The Hall–Kier alpha value is -1.35. The zero-order chi connectivity index (χ0) is 15.1. The molecule has 3 nitrogen and oxygen atoms in total. The predicted molar refractivity (Wildman–Crippen MR) is 85.2 cm³/mol. The van der Waals surface area contributed by atoms with Crippen LogP contribution in [0, 0.1) is 0 Å². The molecular weight excluding hydrogens is 262 g/mol. The Kier molecular flexibility index (Phi) is 6.24. The normalized spacial score (nSPS) is 17.4. The van der Waals surface area contributed by atoms with Crippen LogP contribution >= 0.6 is 0 Å². The summed E-state index contributed by atoms with van der Waals surface area (Å²) in [5, 5.41) is 0. The molecule has 116 valence electrons. The molecule has 0 aromatic heterocycles. The fourth-order valence-electron chi connectivity index (χ4n) is 3.04. The van der Waals surface area contributed by atoms with Crippen LogP contribution in [0.5, 0.6) is 0 Å². The molecular formula is C18H27NO2. The van der Waals surface area contributed by atoms with Gasteiger partial charge in [0.15, 0.2) is 0 Å². The van der Waals surface area contributed by atoms with E-state index in [1.165, 1.54) is 30.4 Å². The van der Waals surface area contributed by atoms with E-state index >= 15 is 0 Å². The summed E-state index contributed by atoms with van der Waals surface area (Å²) in [6, 6.07) is 8.87. The Balaban J connectivity index is 2.14. The Labute approximate surface area is 128 Å². The number of piperidine rings is 1. The maximum absolute atomic E-state index is 11.9. The Morgan fingerprint density at radius 1 is 1.14 bits per heavy atom. The van der Waals surface area contributed by atoms with Crippen molar-refractivity contribution < 1.29 is 9.53 Å². The van der Waals surface area contributed by atoms with Crippen LogP contribution in [0.3, 0.4) is 0 Å². The first-order valence-corrected chi connectivity index (χ1v) is 8.23. The van der Waals surface area contributed by atoms with Crippen molar-refractivity contribution in [2.75, 3.05) is 19.7 Å². The zero-order valence-corrected chi connectivity index (χ0v) is 13.3. The van der Waals surface area contributed by atoms with E-state index in [4.69, 9.17) is 4.74 Å². The van der Waals surface area contributed by atoms with Crippen molar-refractivity contribution in [2.45, 2.75) is 52.0 Å². The second kappa shape index (κ2) is 8.18. The maximum Gasteiger partial charge on any atom is 0.307 e. The van der Waals surface area contributed by atoms with Crippen LogP contribution in [0.25, 0.3) is 0 Å². The van der Waals surface area contributed by atoms with Crippen molar-refractivity contribution in [3.05, 3.63) is 35.4 Å². The molecule has 0 bridgehead atoms. The second-order valence-corrected chi connectivity index (χ2v) is 5.72. The number of aryl methyl sites for hydroxylation is 1. The zero-order valence-electron chi connectivity index (χ0n) is 13.3. The minimum Gasteiger partial charge on any atom is -0.466 e. The van der Waals surface area contributed by atoms with E-state index in [9.17, 15) is 4.79 Å². The number of hydrogen-bond donors (Lipinski definition) is 0. The van der Waals surface area contributed by atoms with Gasteiger partial charge in [-0.15, -0.1) is 0 Å². The lowest BCUT2D eigenvalue weighted by molar-refractivity contribution is -0.144. The summed E-state index contributed by atoms with van der Waals surface area (Å²) in [5.74, 6) is -0.0901. The molecule has 0 N–H and O–H groups in total. The Morgan fingerprint density at radius 3 is 2.38 bits per heavy atom. The summed E-state index contributed by atoms with van der Waals surface area (Å²) < 4.78 is 5.16. The highest BCUT2D eigenvalue weighted by molar-refractivity contribution is 5.70. The molecule has 0 saturated carbocycles. The molecule has 1 aromatic rings. The first-order chi connectivity index (χ1) is 10.2. The van der Waals surface area contributed by atoms with E-state index < -0.39 is 0 Å². The Morgan fingerprint density at radius 2 is 1.81 bits per heavy atom. The number of hydrogen-bond acceptors (Lipinski definition) is 3. The maximum atomic E-state index is 11.9. The topological polar surface area (TPSA) is 29.5 Å². The van der Waals surface area contributed by atoms with Crippen LogP contribution < -0.4 is 0 Å². The number of likely N-dealkylation sites (tertiary alicyclic amines) is 1. The van der Waals surface area contributed by atoms with Gasteiger partial charge in [-0.05, 0) is 50.4 Å². The van der Waals surface area contributed by atoms with Gasteiger partial charge in [-0.3, -0.25) is 9.69 Å². The van der Waals surface area contributed by atoms with Gasteiger partial charge < -0.3 is 4.74 Å². The van der Waals surface area contributed by atoms with Crippen molar-refractivity contribution in [2.24, 2.45) is 0 Å². The quantitative estimate of drug-likeness (QED) is 0.747. The molecule has 21 heavy (non-hydrogen) atoms. The van der Waals surface area contributed by atoms with Gasteiger partial charge >= 0.3 is 5.97 Å². The van der Waals surface area contributed by atoms with Gasteiger partial charge in [-0.1, -0.05) is 37.6 Å². The van der Waals surface area contributed by atoms with Gasteiger partial charge in [0, 0.05) is 6.04 Å². The van der Waals surface area contributed by atoms with E-state index in [2.05, 4.69) is 36.1 Å². The van der Waals surface area contributed by atoms with Gasteiger partial charge in [0.1, 0.15) is 0 Å². The second-order valence-electron chi connectivity index (χ2n) is 5.72. The van der Waals surface area contributed by atoms with Crippen LogP contribution in [-0.2, 0) is 16.0 Å². The van der Waals surface area contributed by atoms with Gasteiger partial charge in [0.25, 0.3) is 0 Å². The molecule has 2 rings (SSSR count). The summed E-state index contributed by atoms with van der Waals surface area (Å²) in [6.07, 6.45) is 5.27. The fourth-order valence-corrected chi connectivity index (χ4v) is 3.04. The van der Waals surface area contributed by atoms with Gasteiger partial charge in [0.05, 0.1) is 13.0 Å². The minimum absolute atomic E-state index is 0.0901. The van der Waals surface area contributed by atoms with Crippen molar-refractivity contribution in [1.29, 1.82) is 0 Å². The van der Waals surface area contributed by atoms with Crippen LogP contribution in [0.2, 0.25) is 0 Å². The van der Waals surface area contributed by atoms with Gasteiger partial charge in [-0.25, -0.2) is 0 Å². The minimum atomic E-state index is -0.0901. The van der Waals surface area contributed by atoms with Crippen molar-refractivity contribution in [1.82, 2.24) is 4.90 Å². The summed E-state index contributed by atoms with van der Waals surface area (Å²) >= 11 is 0. The van der Waals surface area contributed by atoms with Crippen LogP contribution in [0.15, 0.2) is 24.3 Å². The molecule has 1 atom stereocenters. The lowest BCUT2D eigenvalue weighted by atomic mass is 9.97. The molecule has 0 spiro atoms. The van der Waals surface area contributed by atoms with Crippen molar-refractivity contribution >= 4 is 5.97 Å². The molecule has 1 unspecified atom stereocenters. The number of rotatable bonds is 6. The summed E-state index contributed by atoms with van der Waals surface area (Å²) in [5.41, 5.74) is 2.58. The van der Waals surface area contributed by atoms with Gasteiger partial charge in [-0.2, -0.15) is 0 Å². The molecule has 1 heterocycles. The number of carbonyl (C=O) groups is 1. The average molecular weight is 289 g/mol. The highest BCUT2D eigenvalue weighted by Crippen LogP contribution is 2.28. The molecule has 0 aliphatic carbocycles. The SMILES string of the molecule is CCOC(=O)CC(c1ccc(CC)cc1)N1CCCCC1. The van der Waals surface area contributed by atoms with E-state index in [0.29, 0.717) is 13.0 Å². The lowest BCUT2D eigenvalue weighted by Crippen LogP contribution is -2.35. The van der Waals surface area contributed by atoms with E-state index in [1.807, 2.05) is 6.92 Å². The van der Waals surface area contributed by atoms with Crippen molar-refractivity contribution in [3.8, 4) is 0 Å². The van der Waals surface area contributed by atoms with Gasteiger partial charge in [0.2, 0.25) is 0 Å². The van der Waals surface area contributed by atoms with Crippen LogP contribution in [-0.4, -0.2) is 30.6 Å². The third-order valence-electron chi connectivity index (χ3n) is 4.27. The number of benzene rings is 1. The summed E-state index contributed by atoms with van der Waals surface area (Å²) in [4.78, 5) is 14.4. The number of carbonyl (C=O) groups excluding carboxylic acids is 1. The largest absolute Gasteiger partial charge is 0.466 e. The monoisotopic (exact) mass is 289 g/mol. The molecule has 1 fully saturated rings. The first-order valence-electron chi connectivity index (χ1n) is 8.23. The molecule has 0 radical (unpaired) electrons. The number of esters is 1. The smallest absolute Gasteiger partial charge is 0.307 e. The van der Waals surface area contributed by atoms with Crippen LogP contribution in [0.4, 0.5) is 0 Å². The first kappa shape index (κ1) is 16.0. The van der Waals surface area contributed by atoms with E-state index in [-0.39, 0.29) is 12.0 Å². The van der Waals surface area contributed by atoms with Crippen molar-refractivity contribution in [3.63, 3.8) is 0 Å². The Bertz CT molecular complexity index is 435. The van der Waals surface area contributed by atoms with E-state index in [1.54, 1.807) is 0 Å². The predicted octanol–water partition coefficient (Wildman–Crippen LogP) is 3.73. The molecule has 1 aliphatic heterocycles. The van der Waals surface area contributed by atoms with Crippen LogP contribution in [0.1, 0.15) is 56.7 Å². The van der Waals surface area contributed by atoms with E-state index in [0.717, 1.165) is 19.5 Å². The average Bonchev–Trinajstić information content (AvgIpc) is 2.54. The summed E-state index contributed by atoms with van der Waals surface area (Å²) in [6.45, 7) is 6.65. The summed E-state index contributed by atoms with van der Waals surface area (Å²) in [7, 11) is 0. The highest BCUT2D eigenvalue weighted by Gasteiger charge is 2.25. The third kappa shape index (κ3) is 4.57.